The summed E-state index contributed by atoms with van der Waals surface area (Å²) in [5.74, 6) is -1.43. The molecule has 4 rings (SSSR count). The largest absolute Gasteiger partial charge is 0.279 e. The van der Waals surface area contributed by atoms with E-state index in [1.54, 1.807) is 12.1 Å². The lowest BCUT2D eigenvalue weighted by Crippen LogP contribution is -2.30. The number of fused-ring (bicyclic) bond motifs is 1. The molecule has 164 valence electrons. The molecule has 1 aliphatic rings. The number of nitrogens with one attached hydrogen (secondary N) is 1. The number of anilines is 2. The highest BCUT2D eigenvalue weighted by atomic mass is 35.5. The molecule has 0 radical (unpaired) electrons. The fraction of sp³-hybridized carbons (Fsp3) is 0.182. The lowest BCUT2D eigenvalue weighted by molar-refractivity contribution is 0.0925. The Morgan fingerprint density at radius 1 is 0.938 bits per heavy atom. The van der Waals surface area contributed by atoms with E-state index >= 15 is 0 Å². The molecule has 0 saturated carbocycles. The van der Waals surface area contributed by atoms with E-state index in [-0.39, 0.29) is 38.0 Å². The van der Waals surface area contributed by atoms with Gasteiger partial charge in [-0.25, -0.2) is 13.3 Å². The van der Waals surface area contributed by atoms with Crippen LogP contribution in [0.3, 0.4) is 0 Å². The highest BCUT2D eigenvalue weighted by molar-refractivity contribution is 7.92. The molecule has 8 nitrogen and oxygen atoms in total. The van der Waals surface area contributed by atoms with Crippen molar-refractivity contribution in [2.45, 2.75) is 31.1 Å². The van der Waals surface area contributed by atoms with Gasteiger partial charge >= 0.3 is 0 Å². The number of carbonyl (C=O) groups excluding carboxylic acids is 2. The van der Waals surface area contributed by atoms with E-state index in [1.165, 1.54) is 42.6 Å². The molecule has 1 N–H and O–H groups in total. The van der Waals surface area contributed by atoms with Gasteiger partial charge in [-0.15, -0.1) is 5.10 Å². The van der Waals surface area contributed by atoms with Gasteiger partial charge < -0.3 is 0 Å². The van der Waals surface area contributed by atoms with E-state index in [2.05, 4.69) is 14.9 Å². The molecule has 3 aromatic rings. The van der Waals surface area contributed by atoms with Gasteiger partial charge in [-0.1, -0.05) is 44.5 Å². The number of nitrogens with zero attached hydrogens (tertiary/aromatic N) is 3. The summed E-state index contributed by atoms with van der Waals surface area (Å²) in [6.45, 7) is 6.08. The van der Waals surface area contributed by atoms with Gasteiger partial charge in [-0.3, -0.25) is 14.3 Å². The van der Waals surface area contributed by atoms with Crippen molar-refractivity contribution in [3.8, 4) is 0 Å². The van der Waals surface area contributed by atoms with Crippen LogP contribution in [-0.2, 0) is 15.4 Å². The Bertz CT molecular complexity index is 1330. The molecule has 0 atom stereocenters. The fourth-order valence-corrected chi connectivity index (χ4v) is 4.68. The normalized spacial score (nSPS) is 13.9. The summed E-state index contributed by atoms with van der Waals surface area (Å²) in [5.41, 5.74) is 0.565. The van der Waals surface area contributed by atoms with Crippen molar-refractivity contribution in [1.82, 2.24) is 10.2 Å². The van der Waals surface area contributed by atoms with Crippen LogP contribution in [0.4, 0.5) is 11.5 Å². The molecule has 0 bridgehead atoms. The number of amides is 2. The lowest BCUT2D eigenvalue weighted by Gasteiger charge is -2.19. The summed E-state index contributed by atoms with van der Waals surface area (Å²) >= 11 is 6.19. The average molecular weight is 471 g/mol. The maximum absolute atomic E-state index is 13.1. The third-order valence-electron chi connectivity index (χ3n) is 5.05. The zero-order valence-corrected chi connectivity index (χ0v) is 19.0. The molecule has 32 heavy (non-hydrogen) atoms. The number of aromatic nitrogens is 2. The molecule has 0 fully saturated rings. The van der Waals surface area contributed by atoms with Gasteiger partial charge in [0, 0.05) is 6.20 Å². The molecular weight excluding hydrogens is 452 g/mol. The van der Waals surface area contributed by atoms with Crippen LogP contribution in [-0.4, -0.2) is 30.4 Å². The summed E-state index contributed by atoms with van der Waals surface area (Å²) in [4.78, 5) is 26.9. The highest BCUT2D eigenvalue weighted by Gasteiger charge is 2.42. The van der Waals surface area contributed by atoms with Crippen LogP contribution < -0.4 is 9.62 Å². The molecule has 2 amide bonds. The Balaban J connectivity index is 1.74. The van der Waals surface area contributed by atoms with Gasteiger partial charge in [-0.05, 0) is 47.4 Å². The molecular formula is C22H19ClN4O4S. The van der Waals surface area contributed by atoms with Crippen molar-refractivity contribution in [2.24, 2.45) is 0 Å². The van der Waals surface area contributed by atoms with Crippen LogP contribution in [0.2, 0.25) is 5.02 Å². The van der Waals surface area contributed by atoms with E-state index in [9.17, 15) is 18.0 Å². The number of hydrogen-bond acceptors (Lipinski definition) is 6. The monoisotopic (exact) mass is 470 g/mol. The van der Waals surface area contributed by atoms with Gasteiger partial charge in [0.2, 0.25) is 0 Å². The molecule has 1 aliphatic heterocycles. The zero-order valence-electron chi connectivity index (χ0n) is 17.5. The van der Waals surface area contributed by atoms with Gasteiger partial charge in [-0.2, -0.15) is 5.10 Å². The summed E-state index contributed by atoms with van der Waals surface area (Å²) < 4.78 is 28.4. The molecule has 0 spiro atoms. The topological polar surface area (TPSA) is 109 Å². The molecule has 10 heteroatoms. The number of halogens is 1. The van der Waals surface area contributed by atoms with Gasteiger partial charge in [0.1, 0.15) is 0 Å². The molecule has 0 aliphatic carbocycles. The van der Waals surface area contributed by atoms with Crippen LogP contribution in [0.5, 0.6) is 0 Å². The quantitative estimate of drug-likeness (QED) is 0.576. The Labute approximate surface area is 190 Å². The Morgan fingerprint density at radius 2 is 1.59 bits per heavy atom. The fourth-order valence-electron chi connectivity index (χ4n) is 3.37. The highest BCUT2D eigenvalue weighted by Crippen LogP contribution is 2.37. The van der Waals surface area contributed by atoms with Crippen molar-refractivity contribution in [3.05, 3.63) is 76.4 Å². The Hall–Kier alpha value is -3.30. The van der Waals surface area contributed by atoms with Crippen molar-refractivity contribution < 1.29 is 18.0 Å². The first kappa shape index (κ1) is 21.9. The van der Waals surface area contributed by atoms with E-state index in [0.29, 0.717) is 0 Å². The van der Waals surface area contributed by atoms with Crippen LogP contribution in [0.1, 0.15) is 47.1 Å². The number of hydrogen-bond donors (Lipinski definition) is 1. The number of rotatable bonds is 4. The SMILES string of the molecule is CC(C)(C)c1ccc(S(=O)(=O)Nc2ccc(Cl)c3c2C(=O)N(c2cccnn2)C3=O)cc1. The first-order valence-corrected chi connectivity index (χ1v) is 11.5. The predicted octanol–water partition coefficient (Wildman–Crippen LogP) is 4.03. The number of carbonyl (C=O) groups is 2. The molecule has 1 aromatic heterocycles. The third-order valence-corrected chi connectivity index (χ3v) is 6.75. The second kappa shape index (κ2) is 7.68. The van der Waals surface area contributed by atoms with E-state index < -0.39 is 21.8 Å². The Morgan fingerprint density at radius 3 is 2.19 bits per heavy atom. The van der Waals surface area contributed by atoms with Crippen molar-refractivity contribution in [3.63, 3.8) is 0 Å². The summed E-state index contributed by atoms with van der Waals surface area (Å²) in [6.07, 6.45) is 1.40. The predicted molar refractivity (Wildman–Crippen MR) is 121 cm³/mol. The Kier molecular flexibility index (Phi) is 5.26. The maximum atomic E-state index is 13.1. The first-order chi connectivity index (χ1) is 15.0. The maximum Gasteiger partial charge on any atom is 0.269 e. The smallest absolute Gasteiger partial charge is 0.269 e. The molecule has 2 heterocycles. The minimum Gasteiger partial charge on any atom is -0.279 e. The number of sulfonamides is 1. The minimum atomic E-state index is -4.04. The molecule has 0 unspecified atom stereocenters. The number of benzene rings is 2. The minimum absolute atomic E-state index is 0.0151. The third kappa shape index (κ3) is 3.74. The van der Waals surface area contributed by atoms with Crippen LogP contribution >= 0.6 is 11.6 Å². The first-order valence-electron chi connectivity index (χ1n) is 9.63. The average Bonchev–Trinajstić information content (AvgIpc) is 3.01. The second-order valence-corrected chi connectivity index (χ2v) is 10.3. The van der Waals surface area contributed by atoms with Crippen molar-refractivity contribution in [2.75, 3.05) is 9.62 Å². The standard InChI is InChI=1S/C22H19ClN4O4S/c1-22(2,3)13-6-8-14(9-7-13)32(30,31)26-16-11-10-15(23)18-19(16)21(29)27(20(18)28)17-5-4-12-24-25-17/h4-12,26H,1-3H3. The van der Waals surface area contributed by atoms with Gasteiger partial charge in [0.15, 0.2) is 5.82 Å². The summed E-state index contributed by atoms with van der Waals surface area (Å²) in [5, 5.41) is 7.52. The van der Waals surface area contributed by atoms with Crippen LogP contribution in [0, 0.1) is 0 Å². The van der Waals surface area contributed by atoms with Crippen LogP contribution in [0.25, 0.3) is 0 Å². The second-order valence-electron chi connectivity index (χ2n) is 8.25. The lowest BCUT2D eigenvalue weighted by atomic mass is 9.87. The number of imide groups is 1. The van der Waals surface area contributed by atoms with Gasteiger partial charge in [0.25, 0.3) is 21.8 Å². The van der Waals surface area contributed by atoms with Crippen molar-refractivity contribution in [1.29, 1.82) is 0 Å². The molecule has 2 aromatic carbocycles. The molecule has 0 saturated heterocycles. The zero-order chi connectivity index (χ0) is 23.3. The van der Waals surface area contributed by atoms with Crippen LogP contribution in [0.15, 0.2) is 59.6 Å². The summed E-state index contributed by atoms with van der Waals surface area (Å²) in [7, 11) is -4.04. The van der Waals surface area contributed by atoms with E-state index in [4.69, 9.17) is 11.6 Å². The van der Waals surface area contributed by atoms with E-state index in [1.807, 2.05) is 20.8 Å². The van der Waals surface area contributed by atoms with E-state index in [0.717, 1.165) is 10.5 Å². The van der Waals surface area contributed by atoms with Gasteiger partial charge in [0.05, 0.1) is 26.7 Å². The summed E-state index contributed by atoms with van der Waals surface area (Å²) in [6, 6.07) is 12.2. The van der Waals surface area contributed by atoms with Crippen molar-refractivity contribution >= 4 is 44.9 Å².